The van der Waals surface area contributed by atoms with Gasteiger partial charge in [-0.2, -0.15) is 5.10 Å². The highest BCUT2D eigenvalue weighted by Gasteiger charge is 2.08. The maximum absolute atomic E-state index is 12.1. The zero-order valence-electron chi connectivity index (χ0n) is 13.7. The first-order valence-electron chi connectivity index (χ1n) is 7.88. The van der Waals surface area contributed by atoms with E-state index in [1.165, 1.54) is 5.56 Å². The van der Waals surface area contributed by atoms with Crippen molar-refractivity contribution >= 4 is 22.7 Å². The van der Waals surface area contributed by atoms with Gasteiger partial charge in [-0.05, 0) is 36.6 Å². The Bertz CT molecular complexity index is 880. The van der Waals surface area contributed by atoms with Crippen molar-refractivity contribution in [3.05, 3.63) is 59.7 Å². The summed E-state index contributed by atoms with van der Waals surface area (Å²) in [6.45, 7) is 4.06. The molecule has 3 rings (SSSR count). The van der Waals surface area contributed by atoms with E-state index in [1.54, 1.807) is 4.68 Å². The van der Waals surface area contributed by atoms with Crippen LogP contribution in [0.5, 0.6) is 0 Å². The predicted molar refractivity (Wildman–Crippen MR) is 93.7 cm³/mol. The van der Waals surface area contributed by atoms with E-state index >= 15 is 0 Å². The number of fused-ring (bicyclic) bond motifs is 1. The van der Waals surface area contributed by atoms with Crippen LogP contribution in [0.2, 0.25) is 0 Å². The van der Waals surface area contributed by atoms with Gasteiger partial charge in [0, 0.05) is 0 Å². The van der Waals surface area contributed by atoms with Gasteiger partial charge in [0.1, 0.15) is 12.1 Å². The SMILES string of the molecule is CCc1ccc(/C(C)=N\NC(=O)Cn2nnc3ccccc32)cc1. The first kappa shape index (κ1) is 15.9. The van der Waals surface area contributed by atoms with Gasteiger partial charge >= 0.3 is 0 Å². The van der Waals surface area contributed by atoms with E-state index < -0.39 is 0 Å². The molecule has 6 nitrogen and oxygen atoms in total. The molecule has 0 saturated heterocycles. The van der Waals surface area contributed by atoms with Gasteiger partial charge in [0.05, 0.1) is 11.2 Å². The maximum Gasteiger partial charge on any atom is 0.261 e. The lowest BCUT2D eigenvalue weighted by Crippen LogP contribution is -2.24. The normalized spacial score (nSPS) is 11.7. The minimum absolute atomic E-state index is 0.0755. The van der Waals surface area contributed by atoms with Crippen LogP contribution in [-0.2, 0) is 17.8 Å². The van der Waals surface area contributed by atoms with Crippen LogP contribution in [-0.4, -0.2) is 26.6 Å². The summed E-state index contributed by atoms with van der Waals surface area (Å²) >= 11 is 0. The molecule has 0 radical (unpaired) electrons. The molecule has 1 amide bonds. The second-order valence-corrected chi connectivity index (χ2v) is 5.52. The third-order valence-corrected chi connectivity index (χ3v) is 3.84. The highest BCUT2D eigenvalue weighted by atomic mass is 16.2. The Hall–Kier alpha value is -3.02. The van der Waals surface area contributed by atoms with E-state index in [4.69, 9.17) is 0 Å². The molecule has 24 heavy (non-hydrogen) atoms. The topological polar surface area (TPSA) is 72.2 Å². The van der Waals surface area contributed by atoms with E-state index in [0.717, 1.165) is 28.7 Å². The highest BCUT2D eigenvalue weighted by Crippen LogP contribution is 2.09. The standard InChI is InChI=1S/C18H19N5O/c1-3-14-8-10-15(11-9-14)13(2)19-21-18(24)12-23-17-7-5-4-6-16(17)20-22-23/h4-11H,3,12H2,1-2H3,(H,21,24)/b19-13-. The first-order chi connectivity index (χ1) is 11.7. The second-order valence-electron chi connectivity index (χ2n) is 5.52. The molecule has 1 N–H and O–H groups in total. The van der Waals surface area contributed by atoms with Crippen molar-refractivity contribution < 1.29 is 4.79 Å². The van der Waals surface area contributed by atoms with Crippen LogP contribution >= 0.6 is 0 Å². The number of hydrazone groups is 1. The number of hydrogen-bond donors (Lipinski definition) is 1. The summed E-state index contributed by atoms with van der Waals surface area (Å²) in [4.78, 5) is 12.1. The number of para-hydroxylation sites is 1. The molecule has 1 heterocycles. The summed E-state index contributed by atoms with van der Waals surface area (Å²) in [7, 11) is 0. The largest absolute Gasteiger partial charge is 0.271 e. The number of carbonyl (C=O) groups excluding carboxylic acids is 1. The van der Waals surface area contributed by atoms with Crippen molar-refractivity contribution in [1.29, 1.82) is 0 Å². The van der Waals surface area contributed by atoms with Gasteiger partial charge in [-0.3, -0.25) is 4.79 Å². The second kappa shape index (κ2) is 7.04. The fourth-order valence-corrected chi connectivity index (χ4v) is 2.40. The van der Waals surface area contributed by atoms with Crippen LogP contribution in [0.25, 0.3) is 11.0 Å². The van der Waals surface area contributed by atoms with Crippen molar-refractivity contribution in [3.8, 4) is 0 Å². The average molecular weight is 321 g/mol. The van der Waals surface area contributed by atoms with Crippen molar-refractivity contribution in [2.24, 2.45) is 5.10 Å². The molecular formula is C18H19N5O. The van der Waals surface area contributed by atoms with Gasteiger partial charge in [0.15, 0.2) is 0 Å². The molecule has 6 heteroatoms. The zero-order valence-corrected chi connectivity index (χ0v) is 13.7. The van der Waals surface area contributed by atoms with Gasteiger partial charge in [0.2, 0.25) is 0 Å². The summed E-state index contributed by atoms with van der Waals surface area (Å²) < 4.78 is 1.56. The molecule has 1 aromatic heterocycles. The van der Waals surface area contributed by atoms with Crippen LogP contribution in [0, 0.1) is 0 Å². The molecule has 0 unspecified atom stereocenters. The maximum atomic E-state index is 12.1. The minimum Gasteiger partial charge on any atom is -0.271 e. The van der Waals surface area contributed by atoms with Crippen LogP contribution in [0.1, 0.15) is 25.0 Å². The lowest BCUT2D eigenvalue weighted by molar-refractivity contribution is -0.121. The van der Waals surface area contributed by atoms with Gasteiger partial charge in [-0.15, -0.1) is 5.10 Å². The summed E-state index contributed by atoms with van der Waals surface area (Å²) in [6.07, 6.45) is 0.999. The lowest BCUT2D eigenvalue weighted by atomic mass is 10.1. The smallest absolute Gasteiger partial charge is 0.261 e. The van der Waals surface area contributed by atoms with Gasteiger partial charge in [-0.1, -0.05) is 48.5 Å². The zero-order chi connectivity index (χ0) is 16.9. The molecule has 0 bridgehead atoms. The molecule has 0 aliphatic heterocycles. The molecule has 2 aromatic carbocycles. The third-order valence-electron chi connectivity index (χ3n) is 3.84. The van der Waals surface area contributed by atoms with Crippen molar-refractivity contribution in [2.75, 3.05) is 0 Å². The quantitative estimate of drug-likeness (QED) is 0.580. The molecule has 0 spiro atoms. The Balaban J connectivity index is 1.65. The van der Waals surface area contributed by atoms with Gasteiger partial charge < -0.3 is 0 Å². The van der Waals surface area contributed by atoms with Crippen LogP contribution < -0.4 is 5.43 Å². The van der Waals surface area contributed by atoms with E-state index in [9.17, 15) is 4.79 Å². The number of hydrogen-bond acceptors (Lipinski definition) is 4. The van der Waals surface area contributed by atoms with Crippen LogP contribution in [0.4, 0.5) is 0 Å². The number of aromatic nitrogens is 3. The summed E-state index contributed by atoms with van der Waals surface area (Å²) in [5.74, 6) is -0.241. The number of rotatable bonds is 5. The number of amides is 1. The van der Waals surface area contributed by atoms with Gasteiger partial charge in [-0.25, -0.2) is 10.1 Å². The molecule has 0 aliphatic carbocycles. The number of aryl methyl sites for hydroxylation is 1. The van der Waals surface area contributed by atoms with E-state index in [1.807, 2.05) is 43.3 Å². The Labute approximate surface area is 140 Å². The van der Waals surface area contributed by atoms with Crippen molar-refractivity contribution in [1.82, 2.24) is 20.4 Å². The fraction of sp³-hybridized carbons (Fsp3) is 0.222. The predicted octanol–water partition coefficient (Wildman–Crippen LogP) is 2.53. The molecule has 3 aromatic rings. The Morgan fingerprint density at radius 3 is 2.67 bits per heavy atom. The Morgan fingerprint density at radius 1 is 1.17 bits per heavy atom. The first-order valence-corrected chi connectivity index (χ1v) is 7.88. The molecule has 0 saturated carbocycles. The summed E-state index contributed by atoms with van der Waals surface area (Å²) in [6, 6.07) is 15.7. The Morgan fingerprint density at radius 2 is 1.92 bits per heavy atom. The summed E-state index contributed by atoms with van der Waals surface area (Å²) in [5.41, 5.74) is 7.18. The Kier molecular flexibility index (Phi) is 4.65. The molecular weight excluding hydrogens is 302 g/mol. The molecule has 0 aliphatic rings. The fourth-order valence-electron chi connectivity index (χ4n) is 2.40. The highest BCUT2D eigenvalue weighted by molar-refractivity contribution is 5.99. The van der Waals surface area contributed by atoms with E-state index in [0.29, 0.717) is 0 Å². The van der Waals surface area contributed by atoms with Crippen LogP contribution in [0.3, 0.4) is 0 Å². The summed E-state index contributed by atoms with van der Waals surface area (Å²) in [5, 5.41) is 12.2. The molecule has 122 valence electrons. The molecule has 0 atom stereocenters. The number of nitrogens with one attached hydrogen (secondary N) is 1. The van der Waals surface area contributed by atoms with E-state index in [2.05, 4.69) is 39.9 Å². The number of carbonyl (C=O) groups is 1. The van der Waals surface area contributed by atoms with Crippen molar-refractivity contribution in [3.63, 3.8) is 0 Å². The average Bonchev–Trinajstić information content (AvgIpc) is 3.03. The number of nitrogens with zero attached hydrogens (tertiary/aromatic N) is 4. The minimum atomic E-state index is -0.241. The van der Waals surface area contributed by atoms with Crippen LogP contribution in [0.15, 0.2) is 53.6 Å². The number of benzene rings is 2. The molecule has 0 fully saturated rings. The van der Waals surface area contributed by atoms with Crippen molar-refractivity contribution in [2.45, 2.75) is 26.8 Å². The van der Waals surface area contributed by atoms with E-state index in [-0.39, 0.29) is 12.5 Å². The monoisotopic (exact) mass is 321 g/mol. The van der Waals surface area contributed by atoms with Gasteiger partial charge in [0.25, 0.3) is 5.91 Å². The third kappa shape index (κ3) is 3.48. The lowest BCUT2D eigenvalue weighted by Gasteiger charge is -2.04.